The Morgan fingerprint density at radius 1 is 0.781 bits per heavy atom. The monoisotopic (exact) mass is 421 g/mol. The second-order valence-electron chi connectivity index (χ2n) is 7.88. The second kappa shape index (κ2) is 8.23. The molecule has 0 spiro atoms. The molecule has 5 aromatic rings. The van der Waals surface area contributed by atoms with Crippen molar-refractivity contribution in [1.82, 2.24) is 4.57 Å². The normalized spacial score (nSPS) is 11.2. The van der Waals surface area contributed by atoms with Gasteiger partial charge < -0.3 is 14.4 Å². The standard InChI is InChI=1S/C28H23NO3/c1-32-28(31)22-13-7-14-23-26(22)27-24(15-8-16-25(27)30)29(23)18-21-12-6-5-11-20(21)17-19-9-3-2-4-10-19/h2-16,30H,17-18H2,1H3. The number of ether oxygens (including phenoxy) is 1. The molecule has 0 saturated heterocycles. The van der Waals surface area contributed by atoms with Crippen LogP contribution in [-0.2, 0) is 17.7 Å². The van der Waals surface area contributed by atoms with Crippen LogP contribution in [-0.4, -0.2) is 22.8 Å². The third kappa shape index (κ3) is 3.40. The summed E-state index contributed by atoms with van der Waals surface area (Å²) in [6.45, 7) is 0.622. The molecule has 4 heteroatoms. The lowest BCUT2D eigenvalue weighted by Gasteiger charge is -2.13. The van der Waals surface area contributed by atoms with Gasteiger partial charge in [-0.15, -0.1) is 0 Å². The van der Waals surface area contributed by atoms with Crippen molar-refractivity contribution in [2.75, 3.05) is 7.11 Å². The summed E-state index contributed by atoms with van der Waals surface area (Å²) in [4.78, 5) is 12.5. The number of hydrogen-bond acceptors (Lipinski definition) is 3. The lowest BCUT2D eigenvalue weighted by atomic mass is 9.99. The number of phenols is 1. The zero-order valence-corrected chi connectivity index (χ0v) is 17.8. The van der Waals surface area contributed by atoms with Gasteiger partial charge in [0.05, 0.1) is 29.1 Å². The van der Waals surface area contributed by atoms with E-state index in [0.717, 1.165) is 17.5 Å². The Balaban J connectivity index is 1.69. The molecule has 0 fully saturated rings. The maximum absolute atomic E-state index is 12.5. The van der Waals surface area contributed by atoms with Crippen LogP contribution in [0.25, 0.3) is 21.8 Å². The number of methoxy groups -OCH3 is 1. The van der Waals surface area contributed by atoms with Crippen LogP contribution < -0.4 is 0 Å². The molecule has 0 atom stereocenters. The quantitative estimate of drug-likeness (QED) is 0.358. The van der Waals surface area contributed by atoms with Gasteiger partial charge in [-0.2, -0.15) is 0 Å². The molecule has 0 aliphatic heterocycles. The third-order valence-corrected chi connectivity index (χ3v) is 5.98. The van der Waals surface area contributed by atoms with Gasteiger partial charge in [-0.25, -0.2) is 4.79 Å². The minimum absolute atomic E-state index is 0.153. The van der Waals surface area contributed by atoms with Gasteiger partial charge in [0.15, 0.2) is 0 Å². The smallest absolute Gasteiger partial charge is 0.338 e. The molecule has 0 radical (unpaired) electrons. The Morgan fingerprint density at radius 2 is 1.44 bits per heavy atom. The lowest BCUT2D eigenvalue weighted by Crippen LogP contribution is -2.04. The van der Waals surface area contributed by atoms with Gasteiger partial charge in [-0.05, 0) is 47.4 Å². The average molecular weight is 421 g/mol. The molecule has 4 aromatic carbocycles. The first-order valence-corrected chi connectivity index (χ1v) is 10.6. The predicted octanol–water partition coefficient (Wildman–Crippen LogP) is 5.93. The van der Waals surface area contributed by atoms with E-state index < -0.39 is 5.97 Å². The van der Waals surface area contributed by atoms with E-state index in [-0.39, 0.29) is 5.75 Å². The molecule has 0 aliphatic rings. The second-order valence-corrected chi connectivity index (χ2v) is 7.88. The predicted molar refractivity (Wildman–Crippen MR) is 127 cm³/mol. The number of aromatic hydroxyl groups is 1. The highest BCUT2D eigenvalue weighted by Crippen LogP contribution is 2.38. The van der Waals surface area contributed by atoms with Crippen molar-refractivity contribution < 1.29 is 14.6 Å². The zero-order chi connectivity index (χ0) is 22.1. The van der Waals surface area contributed by atoms with E-state index >= 15 is 0 Å². The van der Waals surface area contributed by atoms with Crippen LogP contribution >= 0.6 is 0 Å². The fraction of sp³-hybridized carbons (Fsp3) is 0.107. The first kappa shape index (κ1) is 19.9. The van der Waals surface area contributed by atoms with Gasteiger partial charge in [0, 0.05) is 11.9 Å². The summed E-state index contributed by atoms with van der Waals surface area (Å²) in [6.07, 6.45) is 0.840. The maximum Gasteiger partial charge on any atom is 0.338 e. The van der Waals surface area contributed by atoms with Crippen molar-refractivity contribution in [1.29, 1.82) is 0 Å². The van der Waals surface area contributed by atoms with Crippen LogP contribution in [0.15, 0.2) is 91.0 Å². The highest BCUT2D eigenvalue weighted by molar-refractivity contribution is 6.19. The van der Waals surface area contributed by atoms with E-state index in [1.807, 2.05) is 30.3 Å². The Kier molecular flexibility index (Phi) is 5.12. The number of fused-ring (bicyclic) bond motifs is 3. The van der Waals surface area contributed by atoms with Gasteiger partial charge in [0.25, 0.3) is 0 Å². The van der Waals surface area contributed by atoms with E-state index in [0.29, 0.717) is 22.9 Å². The van der Waals surface area contributed by atoms with Crippen LogP contribution in [0.2, 0.25) is 0 Å². The SMILES string of the molecule is COC(=O)c1cccc2c1c1c(O)cccc1n2Cc1ccccc1Cc1ccccc1. The largest absolute Gasteiger partial charge is 0.507 e. The molecular formula is C28H23NO3. The number of carbonyl (C=O) groups excluding carboxylic acids is 1. The van der Waals surface area contributed by atoms with E-state index in [4.69, 9.17) is 4.74 Å². The molecular weight excluding hydrogens is 398 g/mol. The lowest BCUT2D eigenvalue weighted by molar-refractivity contribution is 0.0603. The number of benzene rings is 4. The topological polar surface area (TPSA) is 51.5 Å². The summed E-state index contributed by atoms with van der Waals surface area (Å²) in [5.74, 6) is -0.262. The van der Waals surface area contributed by atoms with Crippen molar-refractivity contribution in [3.05, 3.63) is 113 Å². The van der Waals surface area contributed by atoms with E-state index in [1.165, 1.54) is 23.8 Å². The van der Waals surface area contributed by atoms with Crippen LogP contribution in [0.5, 0.6) is 5.75 Å². The molecule has 32 heavy (non-hydrogen) atoms. The minimum Gasteiger partial charge on any atom is -0.507 e. The Hall–Kier alpha value is -4.05. The van der Waals surface area contributed by atoms with E-state index in [1.54, 1.807) is 12.1 Å². The summed E-state index contributed by atoms with van der Waals surface area (Å²) in [6, 6.07) is 29.9. The molecule has 0 unspecified atom stereocenters. The number of rotatable bonds is 5. The highest BCUT2D eigenvalue weighted by Gasteiger charge is 2.20. The molecule has 0 aliphatic carbocycles. The number of carbonyl (C=O) groups is 1. The van der Waals surface area contributed by atoms with Gasteiger partial charge in [0.2, 0.25) is 0 Å². The van der Waals surface area contributed by atoms with Crippen molar-refractivity contribution >= 4 is 27.8 Å². The molecule has 1 heterocycles. The maximum atomic E-state index is 12.5. The summed E-state index contributed by atoms with van der Waals surface area (Å²) in [5, 5.41) is 12.1. The fourth-order valence-corrected chi connectivity index (χ4v) is 4.49. The summed E-state index contributed by atoms with van der Waals surface area (Å²) >= 11 is 0. The van der Waals surface area contributed by atoms with Crippen molar-refractivity contribution in [3.8, 4) is 5.75 Å². The third-order valence-electron chi connectivity index (χ3n) is 5.98. The Labute approximate surface area is 186 Å². The Morgan fingerprint density at radius 3 is 2.19 bits per heavy atom. The van der Waals surface area contributed by atoms with Gasteiger partial charge in [-0.3, -0.25) is 0 Å². The molecule has 158 valence electrons. The van der Waals surface area contributed by atoms with E-state index in [9.17, 15) is 9.90 Å². The minimum atomic E-state index is -0.414. The first-order valence-electron chi connectivity index (χ1n) is 10.6. The molecule has 1 N–H and O–H groups in total. The summed E-state index contributed by atoms with van der Waals surface area (Å²) < 4.78 is 7.18. The van der Waals surface area contributed by atoms with Crippen molar-refractivity contribution in [2.24, 2.45) is 0 Å². The van der Waals surface area contributed by atoms with E-state index in [2.05, 4.69) is 53.1 Å². The molecule has 4 nitrogen and oxygen atoms in total. The molecule has 1 aromatic heterocycles. The molecule has 0 amide bonds. The van der Waals surface area contributed by atoms with Crippen molar-refractivity contribution in [2.45, 2.75) is 13.0 Å². The zero-order valence-electron chi connectivity index (χ0n) is 17.8. The van der Waals surface area contributed by atoms with Gasteiger partial charge >= 0.3 is 5.97 Å². The average Bonchev–Trinajstić information content (AvgIpc) is 3.15. The number of hydrogen-bond donors (Lipinski definition) is 1. The number of nitrogens with zero attached hydrogens (tertiary/aromatic N) is 1. The number of phenolic OH excluding ortho intramolecular Hbond substituents is 1. The summed E-state index contributed by atoms with van der Waals surface area (Å²) in [5.41, 5.74) is 5.92. The van der Waals surface area contributed by atoms with Gasteiger partial charge in [0.1, 0.15) is 5.75 Å². The summed E-state index contributed by atoms with van der Waals surface area (Å²) in [7, 11) is 1.38. The molecule has 0 bridgehead atoms. The number of aromatic nitrogens is 1. The van der Waals surface area contributed by atoms with Gasteiger partial charge in [-0.1, -0.05) is 66.7 Å². The van der Waals surface area contributed by atoms with Crippen LogP contribution in [0.1, 0.15) is 27.0 Å². The Bertz CT molecular complexity index is 1430. The molecule has 0 saturated carbocycles. The van der Waals surface area contributed by atoms with Crippen LogP contribution in [0, 0.1) is 0 Å². The van der Waals surface area contributed by atoms with Crippen LogP contribution in [0.4, 0.5) is 0 Å². The molecule has 5 rings (SSSR count). The fourth-order valence-electron chi connectivity index (χ4n) is 4.49. The number of esters is 1. The first-order chi connectivity index (χ1) is 15.7. The van der Waals surface area contributed by atoms with Crippen LogP contribution in [0.3, 0.4) is 0 Å². The highest BCUT2D eigenvalue weighted by atomic mass is 16.5. The van der Waals surface area contributed by atoms with Crippen molar-refractivity contribution in [3.63, 3.8) is 0 Å².